The highest BCUT2D eigenvalue weighted by Crippen LogP contribution is 2.31. The molecule has 0 bridgehead atoms. The maximum absolute atomic E-state index is 13.0. The number of alkyl halides is 3. The topological polar surface area (TPSA) is 135 Å². The number of hydrogen-bond acceptors (Lipinski definition) is 8. The highest BCUT2D eigenvalue weighted by molar-refractivity contribution is 7.89. The van der Waals surface area contributed by atoms with Gasteiger partial charge in [-0.05, 0) is 55.5 Å². The van der Waals surface area contributed by atoms with Crippen LogP contribution in [0.5, 0.6) is 0 Å². The van der Waals surface area contributed by atoms with Crippen molar-refractivity contribution < 1.29 is 40.3 Å². The van der Waals surface area contributed by atoms with Crippen molar-refractivity contribution in [3.63, 3.8) is 0 Å². The van der Waals surface area contributed by atoms with E-state index in [1.165, 1.54) is 33.5 Å². The van der Waals surface area contributed by atoms with Gasteiger partial charge in [0.2, 0.25) is 15.9 Å². The van der Waals surface area contributed by atoms with Crippen LogP contribution < -0.4 is 5.32 Å². The van der Waals surface area contributed by atoms with Crippen molar-refractivity contribution in [2.45, 2.75) is 18.0 Å². The van der Waals surface area contributed by atoms with Crippen molar-refractivity contribution in [2.75, 3.05) is 38.1 Å². The fraction of sp³-hybridized carbons (Fsp3) is 0.304. The minimum atomic E-state index is -4.49. The SMILES string of the molecule is CCOC(=O)N1CCN(S(=O)(=O)c2ccc(C(=O)Nc3nnc(-c4ccc(C(F)(F)F)cc4)o3)cc2)CC1. The summed E-state index contributed by atoms with van der Waals surface area (Å²) < 4.78 is 75.6. The molecule has 1 aliphatic rings. The Balaban J connectivity index is 1.38. The molecule has 38 heavy (non-hydrogen) atoms. The minimum absolute atomic E-state index is 0.0268. The number of hydrogen-bond donors (Lipinski definition) is 1. The van der Waals surface area contributed by atoms with E-state index in [9.17, 15) is 31.2 Å². The molecule has 1 saturated heterocycles. The van der Waals surface area contributed by atoms with E-state index in [1.54, 1.807) is 6.92 Å². The molecule has 0 radical (unpaired) electrons. The molecular weight excluding hydrogens is 531 g/mol. The quantitative estimate of drug-likeness (QED) is 0.490. The zero-order valence-electron chi connectivity index (χ0n) is 19.9. The molecule has 3 aromatic rings. The first-order valence-corrected chi connectivity index (χ1v) is 12.8. The Hall–Kier alpha value is -3.98. The summed E-state index contributed by atoms with van der Waals surface area (Å²) in [6.07, 6.45) is -4.98. The Bertz CT molecular complexity index is 1400. The van der Waals surface area contributed by atoms with Crippen LogP contribution in [0, 0.1) is 0 Å². The molecule has 0 atom stereocenters. The first-order chi connectivity index (χ1) is 18.0. The lowest BCUT2D eigenvalue weighted by Crippen LogP contribution is -2.50. The molecular formula is C23H22F3N5O6S. The van der Waals surface area contributed by atoms with E-state index in [0.29, 0.717) is 0 Å². The number of carbonyl (C=O) groups excluding carboxylic acids is 2. The number of benzene rings is 2. The van der Waals surface area contributed by atoms with Gasteiger partial charge in [0.1, 0.15) is 0 Å². The zero-order chi connectivity index (χ0) is 27.5. The van der Waals surface area contributed by atoms with E-state index in [0.717, 1.165) is 24.3 Å². The number of rotatable bonds is 6. The van der Waals surface area contributed by atoms with Gasteiger partial charge >= 0.3 is 18.3 Å². The molecule has 0 saturated carbocycles. The van der Waals surface area contributed by atoms with Crippen molar-refractivity contribution in [3.05, 3.63) is 59.7 Å². The number of ether oxygens (including phenoxy) is 1. The Morgan fingerprint density at radius 1 is 1.00 bits per heavy atom. The largest absolute Gasteiger partial charge is 0.450 e. The molecule has 15 heteroatoms. The van der Waals surface area contributed by atoms with Crippen LogP contribution in [0.4, 0.5) is 24.0 Å². The van der Waals surface area contributed by atoms with E-state index < -0.39 is 33.8 Å². The molecule has 0 spiro atoms. The van der Waals surface area contributed by atoms with Crippen molar-refractivity contribution in [2.24, 2.45) is 0 Å². The smallest absolute Gasteiger partial charge is 0.416 e. The molecule has 202 valence electrons. The molecule has 0 unspecified atom stereocenters. The van der Waals surface area contributed by atoms with Crippen LogP contribution in [0.25, 0.3) is 11.5 Å². The summed E-state index contributed by atoms with van der Waals surface area (Å²) in [5.74, 6) is -0.766. The molecule has 2 amide bonds. The Morgan fingerprint density at radius 2 is 1.63 bits per heavy atom. The number of aromatic nitrogens is 2. The van der Waals surface area contributed by atoms with Crippen molar-refractivity contribution in [3.8, 4) is 11.5 Å². The molecule has 1 fully saturated rings. The number of nitrogens with zero attached hydrogens (tertiary/aromatic N) is 4. The van der Waals surface area contributed by atoms with Gasteiger partial charge in [-0.15, -0.1) is 5.10 Å². The monoisotopic (exact) mass is 553 g/mol. The number of carbonyl (C=O) groups is 2. The first kappa shape index (κ1) is 27.1. The second-order valence-electron chi connectivity index (χ2n) is 8.06. The first-order valence-electron chi connectivity index (χ1n) is 11.3. The summed E-state index contributed by atoms with van der Waals surface area (Å²) in [5.41, 5.74) is -0.507. The molecule has 2 aromatic carbocycles. The maximum atomic E-state index is 13.0. The van der Waals surface area contributed by atoms with E-state index in [4.69, 9.17) is 9.15 Å². The van der Waals surface area contributed by atoms with Crippen LogP contribution in [0.1, 0.15) is 22.8 Å². The fourth-order valence-corrected chi connectivity index (χ4v) is 5.04. The van der Waals surface area contributed by atoms with Gasteiger partial charge in [0, 0.05) is 37.3 Å². The standard InChI is InChI=1S/C23H22F3N5O6S/c1-2-36-22(33)30-11-13-31(14-12-30)38(34,35)18-9-5-15(6-10-18)19(32)27-21-29-28-20(37-21)16-3-7-17(8-4-16)23(24,25)26/h3-10H,2,11-14H2,1H3,(H,27,29,32). The highest BCUT2D eigenvalue weighted by atomic mass is 32.2. The average Bonchev–Trinajstić information content (AvgIpc) is 3.37. The zero-order valence-corrected chi connectivity index (χ0v) is 20.8. The Morgan fingerprint density at radius 3 is 2.21 bits per heavy atom. The molecule has 11 nitrogen and oxygen atoms in total. The third-order valence-corrected chi connectivity index (χ3v) is 7.54. The van der Waals surface area contributed by atoms with Crippen molar-refractivity contribution >= 4 is 28.0 Å². The maximum Gasteiger partial charge on any atom is 0.416 e. The van der Waals surface area contributed by atoms with Crippen LogP contribution in [-0.4, -0.2) is 72.6 Å². The predicted molar refractivity (Wildman–Crippen MR) is 126 cm³/mol. The van der Waals surface area contributed by atoms with Crippen LogP contribution in [0.2, 0.25) is 0 Å². The summed E-state index contributed by atoms with van der Waals surface area (Å²) in [4.78, 5) is 25.8. The molecule has 1 N–H and O–H groups in total. The normalized spacial score (nSPS) is 14.8. The molecule has 1 aromatic heterocycles. The van der Waals surface area contributed by atoms with Gasteiger partial charge < -0.3 is 14.1 Å². The van der Waals surface area contributed by atoms with E-state index in [-0.39, 0.29) is 60.7 Å². The lowest BCUT2D eigenvalue weighted by atomic mass is 10.1. The fourth-order valence-electron chi connectivity index (χ4n) is 3.61. The number of anilines is 1. The van der Waals surface area contributed by atoms with E-state index >= 15 is 0 Å². The van der Waals surface area contributed by atoms with Gasteiger partial charge in [-0.3, -0.25) is 10.1 Å². The van der Waals surface area contributed by atoms with Gasteiger partial charge in [-0.25, -0.2) is 13.2 Å². The Labute approximate surface area is 215 Å². The second-order valence-corrected chi connectivity index (χ2v) is 9.99. The van der Waals surface area contributed by atoms with Gasteiger partial charge in [0.15, 0.2) is 0 Å². The van der Waals surface area contributed by atoms with Crippen LogP contribution >= 0.6 is 0 Å². The Kier molecular flexibility index (Phi) is 7.68. The lowest BCUT2D eigenvalue weighted by Gasteiger charge is -2.33. The van der Waals surface area contributed by atoms with Crippen molar-refractivity contribution in [1.82, 2.24) is 19.4 Å². The highest BCUT2D eigenvalue weighted by Gasteiger charge is 2.31. The molecule has 0 aliphatic carbocycles. The van der Waals surface area contributed by atoms with Crippen LogP contribution in [-0.2, 0) is 20.9 Å². The summed E-state index contributed by atoms with van der Waals surface area (Å²) in [7, 11) is -3.85. The number of nitrogens with one attached hydrogen (secondary N) is 1. The number of amides is 2. The van der Waals surface area contributed by atoms with Crippen LogP contribution in [0.15, 0.2) is 57.8 Å². The van der Waals surface area contributed by atoms with Gasteiger partial charge in [0.25, 0.3) is 5.91 Å². The summed E-state index contributed by atoms with van der Waals surface area (Å²) in [6, 6.07) is 8.96. The molecule has 1 aliphatic heterocycles. The second kappa shape index (κ2) is 10.8. The number of halogens is 3. The lowest BCUT2D eigenvalue weighted by molar-refractivity contribution is -0.137. The predicted octanol–water partition coefficient (Wildman–Crippen LogP) is 3.47. The van der Waals surface area contributed by atoms with Gasteiger partial charge in [0.05, 0.1) is 17.1 Å². The third kappa shape index (κ3) is 5.94. The number of piperazine rings is 1. The molecule has 4 rings (SSSR count). The summed E-state index contributed by atoms with van der Waals surface area (Å²) in [6.45, 7) is 2.49. The van der Waals surface area contributed by atoms with Crippen molar-refractivity contribution in [1.29, 1.82) is 0 Å². The van der Waals surface area contributed by atoms with E-state index in [2.05, 4.69) is 15.5 Å². The van der Waals surface area contributed by atoms with Crippen LogP contribution in [0.3, 0.4) is 0 Å². The minimum Gasteiger partial charge on any atom is -0.450 e. The summed E-state index contributed by atoms with van der Waals surface area (Å²) in [5, 5.41) is 9.75. The average molecular weight is 554 g/mol. The number of sulfonamides is 1. The van der Waals surface area contributed by atoms with E-state index in [1.807, 2.05) is 0 Å². The van der Waals surface area contributed by atoms with Gasteiger partial charge in [-0.1, -0.05) is 5.10 Å². The summed E-state index contributed by atoms with van der Waals surface area (Å²) >= 11 is 0. The molecule has 2 heterocycles. The van der Waals surface area contributed by atoms with Gasteiger partial charge in [-0.2, -0.15) is 17.5 Å². The third-order valence-electron chi connectivity index (χ3n) is 5.62.